The average molecular weight is 204 g/mol. The molecule has 1 aromatic carbocycles. The number of azide groups is 1. The highest BCUT2D eigenvalue weighted by atomic mass is 15.1. The molecular formula is C11H16N4. The lowest BCUT2D eigenvalue weighted by atomic mass is 10.2. The second-order valence-corrected chi connectivity index (χ2v) is 3.53. The van der Waals surface area contributed by atoms with E-state index in [1.54, 1.807) is 0 Å². The lowest BCUT2D eigenvalue weighted by Gasteiger charge is -2.15. The third-order valence-electron chi connectivity index (χ3n) is 2.16. The summed E-state index contributed by atoms with van der Waals surface area (Å²) in [5.41, 5.74) is 9.42. The number of benzene rings is 1. The molecule has 15 heavy (non-hydrogen) atoms. The molecule has 1 aromatic rings. The average Bonchev–Trinajstić information content (AvgIpc) is 2.26. The molecule has 80 valence electrons. The van der Waals surface area contributed by atoms with E-state index in [0.29, 0.717) is 6.54 Å². The van der Waals surface area contributed by atoms with Gasteiger partial charge in [-0.05, 0) is 31.1 Å². The number of hydrogen-bond acceptors (Lipinski definition) is 2. The van der Waals surface area contributed by atoms with Crippen LogP contribution >= 0.6 is 0 Å². The Kier molecular flexibility index (Phi) is 5.30. The molecule has 0 aliphatic carbocycles. The zero-order chi connectivity index (χ0) is 10.9. The standard InChI is InChI=1S/C11H16N4/c1-15(9-5-8-13-14-12)10-11-6-3-2-4-7-11/h2-4,6-7H,5,8-10H2,1H3. The Bertz CT molecular complexity index is 317. The predicted octanol–water partition coefficient (Wildman–Crippen LogP) is 2.82. The van der Waals surface area contributed by atoms with Gasteiger partial charge in [-0.15, -0.1) is 0 Å². The third-order valence-corrected chi connectivity index (χ3v) is 2.16. The maximum atomic E-state index is 8.11. The molecule has 4 heteroatoms. The molecule has 0 atom stereocenters. The number of nitrogens with zero attached hydrogens (tertiary/aromatic N) is 4. The van der Waals surface area contributed by atoms with Gasteiger partial charge in [-0.3, -0.25) is 0 Å². The van der Waals surface area contributed by atoms with E-state index in [0.717, 1.165) is 19.5 Å². The second kappa shape index (κ2) is 6.87. The zero-order valence-electron chi connectivity index (χ0n) is 9.00. The van der Waals surface area contributed by atoms with Crippen LogP contribution in [0.15, 0.2) is 35.4 Å². The Morgan fingerprint density at radius 2 is 2.07 bits per heavy atom. The topological polar surface area (TPSA) is 52.0 Å². The van der Waals surface area contributed by atoms with Crippen LogP contribution in [0, 0.1) is 0 Å². The van der Waals surface area contributed by atoms with Crippen molar-refractivity contribution in [3.63, 3.8) is 0 Å². The molecule has 0 bridgehead atoms. The van der Waals surface area contributed by atoms with Gasteiger partial charge < -0.3 is 4.90 Å². The molecule has 0 unspecified atom stereocenters. The van der Waals surface area contributed by atoms with E-state index in [1.165, 1.54) is 5.56 Å². The highest BCUT2D eigenvalue weighted by Crippen LogP contribution is 2.02. The van der Waals surface area contributed by atoms with E-state index in [1.807, 2.05) is 18.2 Å². The molecule has 0 aliphatic heterocycles. The third kappa shape index (κ3) is 5.05. The van der Waals surface area contributed by atoms with Gasteiger partial charge >= 0.3 is 0 Å². The largest absolute Gasteiger partial charge is 0.302 e. The molecule has 0 saturated carbocycles. The van der Waals surface area contributed by atoms with Crippen molar-refractivity contribution in [2.75, 3.05) is 20.1 Å². The van der Waals surface area contributed by atoms with Crippen molar-refractivity contribution >= 4 is 0 Å². The van der Waals surface area contributed by atoms with E-state index in [-0.39, 0.29) is 0 Å². The summed E-state index contributed by atoms with van der Waals surface area (Å²) in [6, 6.07) is 10.3. The molecule has 0 amide bonds. The maximum Gasteiger partial charge on any atom is 0.0270 e. The van der Waals surface area contributed by atoms with E-state index in [2.05, 4.69) is 34.1 Å². The van der Waals surface area contributed by atoms with Gasteiger partial charge in [0.15, 0.2) is 0 Å². The first-order valence-corrected chi connectivity index (χ1v) is 5.06. The molecule has 4 nitrogen and oxygen atoms in total. The Morgan fingerprint density at radius 1 is 1.33 bits per heavy atom. The Balaban J connectivity index is 2.24. The highest BCUT2D eigenvalue weighted by molar-refractivity contribution is 5.14. The van der Waals surface area contributed by atoms with Crippen LogP contribution in [0.1, 0.15) is 12.0 Å². The maximum absolute atomic E-state index is 8.11. The summed E-state index contributed by atoms with van der Waals surface area (Å²) in [5, 5.41) is 3.50. The van der Waals surface area contributed by atoms with Crippen LogP contribution in [0.3, 0.4) is 0 Å². The van der Waals surface area contributed by atoms with E-state index in [4.69, 9.17) is 5.53 Å². The van der Waals surface area contributed by atoms with Crippen LogP contribution in [-0.4, -0.2) is 25.0 Å². The van der Waals surface area contributed by atoms with Gasteiger partial charge in [-0.2, -0.15) is 0 Å². The summed E-state index contributed by atoms with van der Waals surface area (Å²) in [7, 11) is 2.07. The van der Waals surface area contributed by atoms with Crippen LogP contribution < -0.4 is 0 Å². The van der Waals surface area contributed by atoms with Gasteiger partial charge in [-0.1, -0.05) is 35.4 Å². The van der Waals surface area contributed by atoms with Gasteiger partial charge in [0.1, 0.15) is 0 Å². The van der Waals surface area contributed by atoms with Crippen molar-refractivity contribution in [3.05, 3.63) is 46.3 Å². The summed E-state index contributed by atoms with van der Waals surface area (Å²) < 4.78 is 0. The van der Waals surface area contributed by atoms with Gasteiger partial charge in [0.05, 0.1) is 0 Å². The minimum absolute atomic E-state index is 0.579. The fraction of sp³-hybridized carbons (Fsp3) is 0.455. The van der Waals surface area contributed by atoms with E-state index in [9.17, 15) is 0 Å². The lowest BCUT2D eigenvalue weighted by Crippen LogP contribution is -2.19. The number of hydrogen-bond donors (Lipinski definition) is 0. The summed E-state index contributed by atoms with van der Waals surface area (Å²) in [4.78, 5) is 4.95. The Hall–Kier alpha value is -1.51. The lowest BCUT2D eigenvalue weighted by molar-refractivity contribution is 0.324. The van der Waals surface area contributed by atoms with Crippen molar-refractivity contribution in [2.45, 2.75) is 13.0 Å². The van der Waals surface area contributed by atoms with Crippen LogP contribution in [0.25, 0.3) is 10.4 Å². The second-order valence-electron chi connectivity index (χ2n) is 3.53. The van der Waals surface area contributed by atoms with Crippen LogP contribution in [0.5, 0.6) is 0 Å². The van der Waals surface area contributed by atoms with Gasteiger partial charge in [-0.25, -0.2) is 0 Å². The Morgan fingerprint density at radius 3 is 2.73 bits per heavy atom. The normalized spacial score (nSPS) is 10.0. The molecule has 0 aromatic heterocycles. The summed E-state index contributed by atoms with van der Waals surface area (Å²) in [5.74, 6) is 0. The van der Waals surface area contributed by atoms with Gasteiger partial charge in [0.2, 0.25) is 0 Å². The molecular weight excluding hydrogens is 188 g/mol. The smallest absolute Gasteiger partial charge is 0.0270 e. The van der Waals surface area contributed by atoms with Crippen molar-refractivity contribution in [2.24, 2.45) is 5.11 Å². The Labute approximate surface area is 90.1 Å². The van der Waals surface area contributed by atoms with Crippen LogP contribution in [0.2, 0.25) is 0 Å². The fourth-order valence-electron chi connectivity index (χ4n) is 1.43. The van der Waals surface area contributed by atoms with Gasteiger partial charge in [0, 0.05) is 18.0 Å². The summed E-state index contributed by atoms with van der Waals surface area (Å²) >= 11 is 0. The van der Waals surface area contributed by atoms with Crippen molar-refractivity contribution in [3.8, 4) is 0 Å². The van der Waals surface area contributed by atoms with Gasteiger partial charge in [0.25, 0.3) is 0 Å². The van der Waals surface area contributed by atoms with E-state index < -0.39 is 0 Å². The molecule has 0 radical (unpaired) electrons. The van der Waals surface area contributed by atoms with E-state index >= 15 is 0 Å². The molecule has 0 saturated heterocycles. The quantitative estimate of drug-likeness (QED) is 0.304. The molecule has 0 spiro atoms. The first kappa shape index (κ1) is 11.6. The zero-order valence-corrected chi connectivity index (χ0v) is 9.00. The van der Waals surface area contributed by atoms with Crippen molar-refractivity contribution in [1.29, 1.82) is 0 Å². The number of rotatable bonds is 6. The first-order valence-electron chi connectivity index (χ1n) is 5.06. The molecule has 0 aliphatic rings. The molecule has 0 heterocycles. The minimum atomic E-state index is 0.579. The molecule has 1 rings (SSSR count). The van der Waals surface area contributed by atoms with Crippen molar-refractivity contribution in [1.82, 2.24) is 4.90 Å². The predicted molar refractivity (Wildman–Crippen MR) is 61.4 cm³/mol. The molecule has 0 fully saturated rings. The first-order chi connectivity index (χ1) is 7.33. The monoisotopic (exact) mass is 204 g/mol. The summed E-state index contributed by atoms with van der Waals surface area (Å²) in [6.45, 7) is 2.47. The van der Waals surface area contributed by atoms with Crippen LogP contribution in [0.4, 0.5) is 0 Å². The minimum Gasteiger partial charge on any atom is -0.302 e. The summed E-state index contributed by atoms with van der Waals surface area (Å²) in [6.07, 6.45) is 0.910. The molecule has 0 N–H and O–H groups in total. The fourth-order valence-corrected chi connectivity index (χ4v) is 1.43. The van der Waals surface area contributed by atoms with Crippen molar-refractivity contribution < 1.29 is 0 Å². The van der Waals surface area contributed by atoms with Crippen LogP contribution in [-0.2, 0) is 6.54 Å². The highest BCUT2D eigenvalue weighted by Gasteiger charge is 1.98. The SMILES string of the molecule is CN(CCCN=[N+]=[N-])Cc1ccccc1.